The van der Waals surface area contributed by atoms with Crippen molar-refractivity contribution < 1.29 is 14.3 Å². The monoisotopic (exact) mass is 358 g/mol. The second kappa shape index (κ2) is 7.47. The van der Waals surface area contributed by atoms with E-state index < -0.39 is 0 Å². The van der Waals surface area contributed by atoms with Crippen LogP contribution in [0, 0.1) is 11.8 Å². The van der Waals surface area contributed by atoms with Crippen LogP contribution >= 0.6 is 0 Å². The van der Waals surface area contributed by atoms with Gasteiger partial charge in [0.1, 0.15) is 11.5 Å². The van der Waals surface area contributed by atoms with Gasteiger partial charge in [-0.05, 0) is 37.7 Å². The standard InChI is InChI=1S/C21H30N2O3/c1-25-19-9-7-16(20(10-19)26-2)12-22-13-17-6-8-18(14-22)23(21(17)24)11-15-4-3-5-15/h7,9-10,15,17-18H,3-6,8,11-14H2,1-2H3/t17-,18+/m1/s1. The van der Waals surface area contributed by atoms with E-state index in [0.717, 1.165) is 62.0 Å². The Morgan fingerprint density at radius 1 is 1.08 bits per heavy atom. The van der Waals surface area contributed by atoms with Crippen molar-refractivity contribution in [2.75, 3.05) is 33.9 Å². The van der Waals surface area contributed by atoms with Crippen molar-refractivity contribution in [3.8, 4) is 11.5 Å². The Bertz CT molecular complexity index is 659. The van der Waals surface area contributed by atoms with Crippen LogP contribution < -0.4 is 9.47 Å². The summed E-state index contributed by atoms with van der Waals surface area (Å²) in [5, 5.41) is 0. The molecule has 4 aliphatic rings. The summed E-state index contributed by atoms with van der Waals surface area (Å²) < 4.78 is 10.9. The maximum atomic E-state index is 12.9. The number of ether oxygens (including phenoxy) is 2. The van der Waals surface area contributed by atoms with Gasteiger partial charge in [-0.15, -0.1) is 0 Å². The highest BCUT2D eigenvalue weighted by molar-refractivity contribution is 5.80. The van der Waals surface area contributed by atoms with E-state index >= 15 is 0 Å². The molecule has 5 nitrogen and oxygen atoms in total. The summed E-state index contributed by atoms with van der Waals surface area (Å²) in [4.78, 5) is 17.6. The van der Waals surface area contributed by atoms with Crippen molar-refractivity contribution in [3.05, 3.63) is 23.8 Å². The van der Waals surface area contributed by atoms with Gasteiger partial charge in [0.15, 0.2) is 0 Å². The van der Waals surface area contributed by atoms with Gasteiger partial charge in [-0.25, -0.2) is 0 Å². The lowest BCUT2D eigenvalue weighted by Crippen LogP contribution is -2.50. The summed E-state index contributed by atoms with van der Waals surface area (Å²) in [7, 11) is 3.37. The highest BCUT2D eigenvalue weighted by atomic mass is 16.5. The summed E-state index contributed by atoms with van der Waals surface area (Å²) in [6.07, 6.45) is 6.13. The minimum atomic E-state index is 0.165. The van der Waals surface area contributed by atoms with Gasteiger partial charge in [-0.3, -0.25) is 9.69 Å². The first kappa shape index (κ1) is 17.7. The molecule has 1 saturated carbocycles. The van der Waals surface area contributed by atoms with Crippen LogP contribution in [0.3, 0.4) is 0 Å². The summed E-state index contributed by atoms with van der Waals surface area (Å²) in [5.41, 5.74) is 1.16. The molecular formula is C21H30N2O3. The van der Waals surface area contributed by atoms with Crippen molar-refractivity contribution in [1.82, 2.24) is 9.80 Å². The molecule has 1 aliphatic carbocycles. The number of amides is 1. The number of fused-ring (bicyclic) bond motifs is 4. The van der Waals surface area contributed by atoms with Gasteiger partial charge in [0, 0.05) is 43.9 Å². The van der Waals surface area contributed by atoms with Crippen LogP contribution in [0.1, 0.15) is 37.7 Å². The molecule has 0 unspecified atom stereocenters. The van der Waals surface area contributed by atoms with Crippen molar-refractivity contribution >= 4 is 5.91 Å². The highest BCUT2D eigenvalue weighted by Crippen LogP contribution is 2.35. The molecule has 0 spiro atoms. The lowest BCUT2D eigenvalue weighted by molar-refractivity contribution is -0.141. The second-order valence-electron chi connectivity index (χ2n) is 8.09. The lowest BCUT2D eigenvalue weighted by Gasteiger charge is -2.40. The van der Waals surface area contributed by atoms with Crippen LogP contribution in [-0.4, -0.2) is 55.6 Å². The number of rotatable bonds is 6. The van der Waals surface area contributed by atoms with Gasteiger partial charge in [0.2, 0.25) is 5.91 Å². The van der Waals surface area contributed by atoms with Crippen LogP contribution in [0.25, 0.3) is 0 Å². The highest BCUT2D eigenvalue weighted by Gasteiger charge is 2.41. The topological polar surface area (TPSA) is 42.0 Å². The number of nitrogens with zero attached hydrogens (tertiary/aromatic N) is 2. The first-order valence-electron chi connectivity index (χ1n) is 9.91. The van der Waals surface area contributed by atoms with E-state index in [0.29, 0.717) is 11.9 Å². The molecule has 3 heterocycles. The molecule has 142 valence electrons. The molecule has 3 aliphatic heterocycles. The summed E-state index contributed by atoms with van der Waals surface area (Å²) in [6.45, 7) is 3.65. The normalized spacial score (nSPS) is 26.5. The van der Waals surface area contributed by atoms with Crippen LogP contribution in [0.5, 0.6) is 11.5 Å². The molecule has 2 atom stereocenters. The Balaban J connectivity index is 1.48. The number of piperidine rings is 1. The average Bonchev–Trinajstić information content (AvgIpc) is 2.89. The SMILES string of the molecule is COc1ccc(CN2C[C@H]3CC[C@@H](C2)N(CC2CCC2)C3=O)c(OC)c1. The smallest absolute Gasteiger partial charge is 0.227 e. The third-order valence-electron chi connectivity index (χ3n) is 6.44. The van der Waals surface area contributed by atoms with Crippen molar-refractivity contribution in [2.45, 2.75) is 44.7 Å². The van der Waals surface area contributed by atoms with E-state index in [1.165, 1.54) is 19.3 Å². The maximum Gasteiger partial charge on any atom is 0.227 e. The largest absolute Gasteiger partial charge is 0.497 e. The summed E-state index contributed by atoms with van der Waals surface area (Å²) in [6, 6.07) is 6.39. The van der Waals surface area contributed by atoms with Crippen molar-refractivity contribution in [2.24, 2.45) is 11.8 Å². The van der Waals surface area contributed by atoms with Crippen LogP contribution in [-0.2, 0) is 11.3 Å². The lowest BCUT2D eigenvalue weighted by atomic mass is 9.83. The van der Waals surface area contributed by atoms with E-state index in [9.17, 15) is 4.79 Å². The van der Waals surface area contributed by atoms with Gasteiger partial charge < -0.3 is 14.4 Å². The zero-order chi connectivity index (χ0) is 18.1. The number of carbonyl (C=O) groups is 1. The molecule has 1 amide bonds. The maximum absolute atomic E-state index is 12.9. The van der Waals surface area contributed by atoms with E-state index in [1.807, 2.05) is 12.1 Å². The third kappa shape index (κ3) is 3.41. The van der Waals surface area contributed by atoms with Gasteiger partial charge in [-0.1, -0.05) is 12.5 Å². The van der Waals surface area contributed by atoms with E-state index in [4.69, 9.17) is 9.47 Å². The fourth-order valence-electron chi connectivity index (χ4n) is 4.68. The molecule has 1 aromatic rings. The molecule has 5 heteroatoms. The molecule has 3 saturated heterocycles. The molecule has 1 aromatic carbocycles. The molecule has 2 bridgehead atoms. The fraction of sp³-hybridized carbons (Fsp3) is 0.667. The Morgan fingerprint density at radius 2 is 1.92 bits per heavy atom. The molecule has 0 radical (unpaired) electrons. The van der Waals surface area contributed by atoms with Gasteiger partial charge >= 0.3 is 0 Å². The number of benzene rings is 1. The molecule has 26 heavy (non-hydrogen) atoms. The van der Waals surface area contributed by atoms with Crippen molar-refractivity contribution in [3.63, 3.8) is 0 Å². The number of hydrogen-bond donors (Lipinski definition) is 0. The quantitative estimate of drug-likeness (QED) is 0.784. The van der Waals surface area contributed by atoms with Gasteiger partial charge in [0.25, 0.3) is 0 Å². The zero-order valence-electron chi connectivity index (χ0n) is 15.9. The molecule has 4 fully saturated rings. The van der Waals surface area contributed by atoms with E-state index in [-0.39, 0.29) is 5.92 Å². The zero-order valence-corrected chi connectivity index (χ0v) is 15.9. The Kier molecular flexibility index (Phi) is 5.07. The fourth-order valence-corrected chi connectivity index (χ4v) is 4.68. The predicted octanol–water partition coefficient (Wildman–Crippen LogP) is 2.93. The molecule has 0 aromatic heterocycles. The number of methoxy groups -OCH3 is 2. The first-order valence-corrected chi connectivity index (χ1v) is 9.91. The Morgan fingerprint density at radius 3 is 2.62 bits per heavy atom. The Hall–Kier alpha value is -1.75. The minimum Gasteiger partial charge on any atom is -0.497 e. The predicted molar refractivity (Wildman–Crippen MR) is 100 cm³/mol. The van der Waals surface area contributed by atoms with Crippen LogP contribution in [0.2, 0.25) is 0 Å². The molecular weight excluding hydrogens is 328 g/mol. The van der Waals surface area contributed by atoms with Gasteiger partial charge in [-0.2, -0.15) is 0 Å². The second-order valence-corrected chi connectivity index (χ2v) is 8.09. The number of carbonyl (C=O) groups excluding carboxylic acids is 1. The van der Waals surface area contributed by atoms with Crippen LogP contribution in [0.4, 0.5) is 0 Å². The van der Waals surface area contributed by atoms with E-state index in [2.05, 4.69) is 15.9 Å². The van der Waals surface area contributed by atoms with Crippen molar-refractivity contribution in [1.29, 1.82) is 0 Å². The van der Waals surface area contributed by atoms with E-state index in [1.54, 1.807) is 14.2 Å². The summed E-state index contributed by atoms with van der Waals surface area (Å²) >= 11 is 0. The number of hydrogen-bond acceptors (Lipinski definition) is 4. The average molecular weight is 358 g/mol. The minimum absolute atomic E-state index is 0.165. The van der Waals surface area contributed by atoms with Crippen LogP contribution in [0.15, 0.2) is 18.2 Å². The third-order valence-corrected chi connectivity index (χ3v) is 6.44. The first-order chi connectivity index (χ1) is 12.7. The molecule has 5 rings (SSSR count). The Labute approximate surface area is 156 Å². The van der Waals surface area contributed by atoms with Gasteiger partial charge in [0.05, 0.1) is 20.1 Å². The summed E-state index contributed by atoms with van der Waals surface area (Å²) in [5.74, 6) is 2.98. The molecule has 0 N–H and O–H groups in total.